The van der Waals surface area contributed by atoms with Crippen LogP contribution in [0.1, 0.15) is 5.82 Å². The van der Waals surface area contributed by atoms with Gasteiger partial charge in [0.15, 0.2) is 6.61 Å². The number of aromatic nitrogens is 3. The summed E-state index contributed by atoms with van der Waals surface area (Å²) < 4.78 is 10.6. The van der Waals surface area contributed by atoms with Gasteiger partial charge >= 0.3 is 0 Å². The lowest BCUT2D eigenvalue weighted by Gasteiger charge is -2.11. The maximum absolute atomic E-state index is 12.2. The van der Waals surface area contributed by atoms with Crippen LogP contribution >= 0.6 is 0 Å². The minimum absolute atomic E-state index is 0.0986. The van der Waals surface area contributed by atoms with Crippen LogP contribution in [-0.2, 0) is 4.79 Å². The molecule has 2 aromatic heterocycles. The van der Waals surface area contributed by atoms with Gasteiger partial charge in [-0.3, -0.25) is 4.79 Å². The highest BCUT2D eigenvalue weighted by molar-refractivity contribution is 5.92. The van der Waals surface area contributed by atoms with Gasteiger partial charge < -0.3 is 25.4 Å². The van der Waals surface area contributed by atoms with E-state index >= 15 is 0 Å². The summed E-state index contributed by atoms with van der Waals surface area (Å²) in [5, 5.41) is 9.22. The summed E-state index contributed by atoms with van der Waals surface area (Å²) in [6.07, 6.45) is 1.71. The molecule has 34 heavy (non-hydrogen) atoms. The fourth-order valence-electron chi connectivity index (χ4n) is 3.07. The minimum Gasteiger partial charge on any atom is -0.497 e. The molecule has 2 heterocycles. The van der Waals surface area contributed by atoms with Crippen molar-refractivity contribution in [2.24, 2.45) is 0 Å². The zero-order valence-electron chi connectivity index (χ0n) is 18.8. The second-order valence-corrected chi connectivity index (χ2v) is 7.24. The second kappa shape index (κ2) is 10.8. The molecule has 0 spiro atoms. The molecule has 2 aromatic carbocycles. The van der Waals surface area contributed by atoms with Gasteiger partial charge in [-0.15, -0.1) is 0 Å². The number of ether oxygens (including phenoxy) is 2. The molecule has 0 saturated heterocycles. The maximum Gasteiger partial charge on any atom is 0.262 e. The molecule has 0 aliphatic rings. The Bertz CT molecular complexity index is 1230. The molecular weight excluding hydrogens is 432 g/mol. The van der Waals surface area contributed by atoms with E-state index in [1.807, 2.05) is 37.3 Å². The molecule has 0 unspecified atom stereocenters. The topological polar surface area (TPSA) is 110 Å². The summed E-state index contributed by atoms with van der Waals surface area (Å²) in [6, 6.07) is 21.8. The zero-order valence-corrected chi connectivity index (χ0v) is 18.8. The monoisotopic (exact) mass is 456 g/mol. The lowest BCUT2D eigenvalue weighted by molar-refractivity contribution is -0.118. The van der Waals surface area contributed by atoms with Crippen molar-refractivity contribution < 1.29 is 14.3 Å². The van der Waals surface area contributed by atoms with Gasteiger partial charge in [-0.25, -0.2) is 15.0 Å². The molecule has 0 aliphatic heterocycles. The van der Waals surface area contributed by atoms with Gasteiger partial charge in [-0.2, -0.15) is 0 Å². The molecule has 0 atom stereocenters. The first-order valence-electron chi connectivity index (χ1n) is 10.5. The first-order chi connectivity index (χ1) is 16.6. The average Bonchev–Trinajstić information content (AvgIpc) is 2.84. The number of hydrogen-bond donors (Lipinski definition) is 3. The SMILES string of the molecule is COc1ccc(OCC(=O)Nc2ccc(Nc3cc(Nc4ccccn4)nc(C)n3)cc2)cc1. The summed E-state index contributed by atoms with van der Waals surface area (Å²) in [6.45, 7) is 1.72. The first kappa shape index (κ1) is 22.5. The number of pyridine rings is 1. The summed E-state index contributed by atoms with van der Waals surface area (Å²) >= 11 is 0. The molecule has 1 amide bonds. The van der Waals surface area contributed by atoms with Gasteiger partial charge in [0.1, 0.15) is 34.8 Å². The molecule has 172 valence electrons. The van der Waals surface area contributed by atoms with E-state index in [4.69, 9.17) is 9.47 Å². The largest absolute Gasteiger partial charge is 0.497 e. The summed E-state index contributed by atoms with van der Waals surface area (Å²) in [7, 11) is 1.59. The Labute approximate surface area is 197 Å². The molecule has 3 N–H and O–H groups in total. The number of hydrogen-bond acceptors (Lipinski definition) is 8. The van der Waals surface area contributed by atoms with E-state index in [2.05, 4.69) is 30.9 Å². The van der Waals surface area contributed by atoms with Crippen LogP contribution in [0.3, 0.4) is 0 Å². The maximum atomic E-state index is 12.2. The number of methoxy groups -OCH3 is 1. The molecule has 0 fully saturated rings. The van der Waals surface area contributed by atoms with Gasteiger partial charge in [0, 0.05) is 23.6 Å². The van der Waals surface area contributed by atoms with E-state index in [0.717, 1.165) is 11.4 Å². The fourth-order valence-corrected chi connectivity index (χ4v) is 3.07. The molecular formula is C25H24N6O3. The van der Waals surface area contributed by atoms with Crippen molar-refractivity contribution >= 4 is 34.7 Å². The predicted molar refractivity (Wildman–Crippen MR) is 131 cm³/mol. The summed E-state index contributed by atoms with van der Waals surface area (Å²) in [4.78, 5) is 25.3. The van der Waals surface area contributed by atoms with Crippen LogP contribution in [0.2, 0.25) is 0 Å². The molecule has 0 aliphatic carbocycles. The number of aryl methyl sites for hydroxylation is 1. The van der Waals surface area contributed by atoms with Gasteiger partial charge in [-0.05, 0) is 67.6 Å². The van der Waals surface area contributed by atoms with Gasteiger partial charge in [0.25, 0.3) is 5.91 Å². The minimum atomic E-state index is -0.256. The van der Waals surface area contributed by atoms with Crippen molar-refractivity contribution in [3.63, 3.8) is 0 Å². The van der Waals surface area contributed by atoms with Gasteiger partial charge in [0.2, 0.25) is 0 Å². The van der Waals surface area contributed by atoms with Crippen LogP contribution in [0, 0.1) is 6.92 Å². The molecule has 0 bridgehead atoms. The highest BCUT2D eigenvalue weighted by atomic mass is 16.5. The van der Waals surface area contributed by atoms with E-state index in [0.29, 0.717) is 34.7 Å². The molecule has 4 rings (SSSR count). The van der Waals surface area contributed by atoms with E-state index in [-0.39, 0.29) is 12.5 Å². The van der Waals surface area contributed by atoms with Crippen molar-refractivity contribution in [3.05, 3.63) is 84.8 Å². The first-order valence-corrected chi connectivity index (χ1v) is 10.5. The standard InChI is InChI=1S/C25H24N6O3/c1-17-27-23(15-24(28-17)31-22-5-3-4-14-26-22)29-18-6-8-19(9-7-18)30-25(32)16-34-21-12-10-20(33-2)11-13-21/h3-15H,16H2,1-2H3,(H,30,32)(H2,26,27,28,29,31). The predicted octanol–water partition coefficient (Wildman–Crippen LogP) is 4.69. The Morgan fingerprint density at radius 2 is 1.50 bits per heavy atom. The summed E-state index contributed by atoms with van der Waals surface area (Å²) in [5.74, 6) is 3.64. The molecule has 0 radical (unpaired) electrons. The zero-order chi connectivity index (χ0) is 23.8. The Kier molecular flexibility index (Phi) is 7.14. The van der Waals surface area contributed by atoms with Crippen molar-refractivity contribution in [1.82, 2.24) is 15.0 Å². The smallest absolute Gasteiger partial charge is 0.262 e. The molecule has 4 aromatic rings. The van der Waals surface area contributed by atoms with Crippen molar-refractivity contribution in [2.45, 2.75) is 6.92 Å². The highest BCUT2D eigenvalue weighted by Crippen LogP contribution is 2.21. The normalized spacial score (nSPS) is 10.3. The molecule has 9 nitrogen and oxygen atoms in total. The number of amides is 1. The van der Waals surface area contributed by atoms with E-state index in [1.165, 1.54) is 0 Å². The summed E-state index contributed by atoms with van der Waals surface area (Å²) in [5.41, 5.74) is 1.47. The fraction of sp³-hybridized carbons (Fsp3) is 0.120. The van der Waals surface area contributed by atoms with Crippen LogP contribution in [0.25, 0.3) is 0 Å². The Morgan fingerprint density at radius 1 is 0.824 bits per heavy atom. The van der Waals surface area contributed by atoms with Crippen LogP contribution in [0.4, 0.5) is 28.8 Å². The van der Waals surface area contributed by atoms with Crippen molar-refractivity contribution in [3.8, 4) is 11.5 Å². The third-order valence-electron chi connectivity index (χ3n) is 4.63. The lowest BCUT2D eigenvalue weighted by Crippen LogP contribution is -2.20. The number of nitrogens with one attached hydrogen (secondary N) is 3. The number of nitrogens with zero attached hydrogens (tertiary/aromatic N) is 3. The average molecular weight is 457 g/mol. The number of anilines is 5. The Morgan fingerprint density at radius 3 is 2.18 bits per heavy atom. The number of carbonyl (C=O) groups excluding carboxylic acids is 1. The van der Waals surface area contributed by atoms with E-state index in [9.17, 15) is 4.79 Å². The van der Waals surface area contributed by atoms with Crippen LogP contribution in [-0.4, -0.2) is 34.6 Å². The van der Waals surface area contributed by atoms with Crippen LogP contribution in [0.15, 0.2) is 79.0 Å². The van der Waals surface area contributed by atoms with Gasteiger partial charge in [-0.1, -0.05) is 6.07 Å². The lowest BCUT2D eigenvalue weighted by atomic mass is 10.2. The van der Waals surface area contributed by atoms with Crippen molar-refractivity contribution in [1.29, 1.82) is 0 Å². The third-order valence-corrected chi connectivity index (χ3v) is 4.63. The Hall–Kier alpha value is -4.66. The van der Waals surface area contributed by atoms with Crippen molar-refractivity contribution in [2.75, 3.05) is 29.7 Å². The highest BCUT2D eigenvalue weighted by Gasteiger charge is 2.06. The molecule has 9 heteroatoms. The Balaban J connectivity index is 1.32. The number of benzene rings is 2. The van der Waals surface area contributed by atoms with Crippen LogP contribution < -0.4 is 25.4 Å². The van der Waals surface area contributed by atoms with E-state index < -0.39 is 0 Å². The molecule has 0 saturated carbocycles. The van der Waals surface area contributed by atoms with Gasteiger partial charge in [0.05, 0.1) is 7.11 Å². The number of rotatable bonds is 9. The third kappa shape index (κ3) is 6.42. The quantitative estimate of drug-likeness (QED) is 0.333. The number of carbonyl (C=O) groups is 1. The second-order valence-electron chi connectivity index (χ2n) is 7.24. The van der Waals surface area contributed by atoms with E-state index in [1.54, 1.807) is 55.8 Å². The van der Waals surface area contributed by atoms with Crippen LogP contribution in [0.5, 0.6) is 11.5 Å².